The van der Waals surface area contributed by atoms with Crippen molar-refractivity contribution >= 4 is 37.0 Å². The lowest BCUT2D eigenvalue weighted by molar-refractivity contribution is 0.212. The molecule has 0 heterocycles. The Bertz CT molecular complexity index is 351. The number of hydrogen-bond donors (Lipinski definition) is 0. The first-order chi connectivity index (χ1) is 7.56. The normalized spacial score (nSPS) is 18.8. The standard InChI is InChI=1S/C14H30P2S2/c1-11(2,3)14(15-17,12(4,5)6)16(10,18)13(7,8)9/h1-10H3/p+1/t16-/m1/s1. The molecule has 2 atom stereocenters. The Hall–Kier alpha value is 1.17. The maximum absolute atomic E-state index is 6.26. The molecule has 0 bridgehead atoms. The number of hydrogen-bond acceptors (Lipinski definition) is 2. The van der Waals surface area contributed by atoms with Crippen LogP contribution < -0.4 is 0 Å². The maximum Gasteiger partial charge on any atom is 0.173 e. The summed E-state index contributed by atoms with van der Waals surface area (Å²) in [5, 5.41) is 0.161. The summed E-state index contributed by atoms with van der Waals surface area (Å²) in [6, 6.07) is -1.62. The van der Waals surface area contributed by atoms with Gasteiger partial charge in [0, 0.05) is 16.9 Å². The first-order valence-electron chi connectivity index (χ1n) is 6.53. The van der Waals surface area contributed by atoms with E-state index in [1.165, 1.54) is 0 Å². The Kier molecular flexibility index (Phi) is 5.51. The minimum atomic E-state index is -1.62. The van der Waals surface area contributed by atoms with E-state index >= 15 is 0 Å². The summed E-state index contributed by atoms with van der Waals surface area (Å²) < 4.78 is 0. The molecule has 0 aliphatic carbocycles. The van der Waals surface area contributed by atoms with Crippen molar-refractivity contribution in [3.8, 4) is 0 Å². The van der Waals surface area contributed by atoms with Crippen molar-refractivity contribution in [2.45, 2.75) is 72.4 Å². The molecule has 0 spiro atoms. The molecule has 0 fully saturated rings. The van der Waals surface area contributed by atoms with E-state index in [9.17, 15) is 0 Å². The zero-order chi connectivity index (χ0) is 15.2. The van der Waals surface area contributed by atoms with Gasteiger partial charge in [-0.05, 0) is 11.8 Å². The summed E-state index contributed by atoms with van der Waals surface area (Å²) in [6.07, 6.45) is 0. The Labute approximate surface area is 127 Å². The summed E-state index contributed by atoms with van der Waals surface area (Å²) in [5.74, 6) is 0. The van der Waals surface area contributed by atoms with Crippen LogP contribution in [-0.4, -0.2) is 16.7 Å². The predicted octanol–water partition coefficient (Wildman–Crippen LogP) is 5.82. The van der Waals surface area contributed by atoms with Crippen LogP contribution >= 0.6 is 13.4 Å². The average molecular weight is 325 g/mol. The van der Waals surface area contributed by atoms with E-state index in [2.05, 4.69) is 69.0 Å². The molecule has 0 aromatic heterocycles. The van der Waals surface area contributed by atoms with Gasteiger partial charge in [0.25, 0.3) is 0 Å². The zero-order valence-electron chi connectivity index (χ0n) is 13.8. The Morgan fingerprint density at radius 2 is 1.06 bits per heavy atom. The highest BCUT2D eigenvalue weighted by atomic mass is 32.5. The van der Waals surface area contributed by atoms with E-state index in [0.29, 0.717) is 7.36 Å². The molecule has 0 N–H and O–H groups in total. The SMILES string of the molecule is CC(C)(C)C([PH+]=S)(C(C)(C)C)[P@](C)(=S)C(C)(C)C. The van der Waals surface area contributed by atoms with Crippen LogP contribution in [0.3, 0.4) is 0 Å². The van der Waals surface area contributed by atoms with Crippen molar-refractivity contribution in [2.75, 3.05) is 6.66 Å². The van der Waals surface area contributed by atoms with Gasteiger partial charge < -0.3 is 0 Å². The van der Waals surface area contributed by atoms with E-state index in [1.54, 1.807) is 0 Å². The van der Waals surface area contributed by atoms with Gasteiger partial charge in [-0.2, -0.15) is 0 Å². The topological polar surface area (TPSA) is 0 Å². The van der Waals surface area contributed by atoms with Crippen LogP contribution in [0.4, 0.5) is 0 Å². The molecule has 4 heteroatoms. The molecule has 0 radical (unpaired) electrons. The van der Waals surface area contributed by atoms with E-state index < -0.39 is 6.04 Å². The second-order valence-electron chi connectivity index (χ2n) is 8.41. The van der Waals surface area contributed by atoms with Crippen molar-refractivity contribution in [3.05, 3.63) is 0 Å². The van der Waals surface area contributed by atoms with Crippen LogP contribution in [0.2, 0.25) is 0 Å². The van der Waals surface area contributed by atoms with Crippen molar-refractivity contribution in [1.29, 1.82) is 0 Å². The summed E-state index contributed by atoms with van der Waals surface area (Å²) in [5.41, 5.74) is 0.284. The van der Waals surface area contributed by atoms with Gasteiger partial charge in [0.1, 0.15) is 0 Å². The molecule has 0 aromatic rings. The Morgan fingerprint density at radius 1 is 0.778 bits per heavy atom. The Balaban J connectivity index is 6.47. The third-order valence-electron chi connectivity index (χ3n) is 4.24. The molecule has 0 nitrogen and oxygen atoms in total. The summed E-state index contributed by atoms with van der Waals surface area (Å²) >= 11 is 11.9. The lowest BCUT2D eigenvalue weighted by Gasteiger charge is -2.54. The molecular formula is C14H31P2S2+. The summed E-state index contributed by atoms with van der Waals surface area (Å²) in [7, 11) is 0.475. The minimum Gasteiger partial charge on any atom is -0.0922 e. The van der Waals surface area contributed by atoms with Crippen molar-refractivity contribution in [2.24, 2.45) is 10.8 Å². The highest BCUT2D eigenvalue weighted by molar-refractivity contribution is 8.19. The molecule has 0 aromatic carbocycles. The number of rotatable bonds is 2. The van der Waals surface area contributed by atoms with Gasteiger partial charge in [0.2, 0.25) is 0 Å². The highest BCUT2D eigenvalue weighted by Gasteiger charge is 2.65. The first-order valence-corrected chi connectivity index (χ1v) is 11.9. The molecule has 0 saturated carbocycles. The fraction of sp³-hybridized carbons (Fsp3) is 1.00. The fourth-order valence-electron chi connectivity index (χ4n) is 3.30. The predicted molar refractivity (Wildman–Crippen MR) is 97.3 cm³/mol. The van der Waals surface area contributed by atoms with Crippen LogP contribution in [0.15, 0.2) is 0 Å². The largest absolute Gasteiger partial charge is 0.173 e. The van der Waals surface area contributed by atoms with Gasteiger partial charge in [-0.1, -0.05) is 74.1 Å². The molecule has 0 aliphatic rings. The smallest absolute Gasteiger partial charge is 0.0922 e. The summed E-state index contributed by atoms with van der Waals surface area (Å²) in [6.45, 7) is 23.2. The van der Waals surface area contributed by atoms with Crippen molar-refractivity contribution in [3.63, 3.8) is 0 Å². The molecule has 108 valence electrons. The van der Waals surface area contributed by atoms with E-state index in [1.807, 2.05) is 0 Å². The van der Waals surface area contributed by atoms with Crippen molar-refractivity contribution < 1.29 is 0 Å². The average Bonchev–Trinajstić information content (AvgIpc) is 1.96. The molecule has 0 aliphatic heterocycles. The molecular weight excluding hydrogens is 294 g/mol. The third-order valence-corrected chi connectivity index (χ3v) is 17.2. The maximum atomic E-state index is 6.26. The molecule has 0 rings (SSSR count). The van der Waals surface area contributed by atoms with E-state index in [0.717, 1.165) is 0 Å². The third kappa shape index (κ3) is 2.78. The van der Waals surface area contributed by atoms with Crippen LogP contribution in [-0.2, 0) is 23.6 Å². The van der Waals surface area contributed by atoms with Gasteiger partial charge >= 0.3 is 0 Å². The van der Waals surface area contributed by atoms with Crippen LogP contribution in [0.1, 0.15) is 62.3 Å². The van der Waals surface area contributed by atoms with Gasteiger partial charge in [0.05, 0.1) is 0 Å². The Morgan fingerprint density at radius 3 is 1.11 bits per heavy atom. The molecule has 18 heavy (non-hydrogen) atoms. The van der Waals surface area contributed by atoms with Crippen molar-refractivity contribution in [1.82, 2.24) is 0 Å². The monoisotopic (exact) mass is 325 g/mol. The second kappa shape index (κ2) is 5.18. The first kappa shape index (κ1) is 19.2. The minimum absolute atomic E-state index is 0.0654. The van der Waals surface area contributed by atoms with Crippen LogP contribution in [0.25, 0.3) is 0 Å². The second-order valence-corrected chi connectivity index (χ2v) is 16.4. The summed E-state index contributed by atoms with van der Waals surface area (Å²) in [4.78, 5) is 0.0654. The van der Waals surface area contributed by atoms with E-state index in [-0.39, 0.29) is 20.9 Å². The van der Waals surface area contributed by atoms with Gasteiger partial charge in [0.15, 0.2) is 24.1 Å². The van der Waals surface area contributed by atoms with E-state index in [4.69, 9.17) is 23.6 Å². The van der Waals surface area contributed by atoms with Gasteiger partial charge in [-0.25, -0.2) is 0 Å². The lowest BCUT2D eigenvalue weighted by Crippen LogP contribution is -2.51. The van der Waals surface area contributed by atoms with Crippen LogP contribution in [0, 0.1) is 10.8 Å². The van der Waals surface area contributed by atoms with Crippen LogP contribution in [0.5, 0.6) is 0 Å². The molecule has 0 saturated heterocycles. The zero-order valence-corrected chi connectivity index (χ0v) is 17.3. The fourth-order valence-corrected chi connectivity index (χ4v) is 15.2. The molecule has 1 unspecified atom stereocenters. The highest BCUT2D eigenvalue weighted by Crippen LogP contribution is 2.78. The molecule has 0 amide bonds. The van der Waals surface area contributed by atoms with Gasteiger partial charge in [-0.3, -0.25) is 0 Å². The quantitative estimate of drug-likeness (QED) is 0.586. The van der Waals surface area contributed by atoms with Gasteiger partial charge in [-0.15, -0.1) is 0 Å². The lowest BCUT2D eigenvalue weighted by atomic mass is 9.76.